The largest absolute Gasteiger partial charge is 0.322 e. The van der Waals surface area contributed by atoms with Crippen molar-refractivity contribution in [3.8, 4) is 0 Å². The number of amides is 1. The molecule has 0 unspecified atom stereocenters. The SMILES string of the molecule is O=C(Nc1ccc2c(c1)CCC2)c1ccccc1SCc1cscn1. The second-order valence-electron chi connectivity index (χ2n) is 6.06. The van der Waals surface area contributed by atoms with Gasteiger partial charge in [0.1, 0.15) is 0 Å². The van der Waals surface area contributed by atoms with Crippen molar-refractivity contribution in [2.75, 3.05) is 5.32 Å². The second kappa shape index (κ2) is 7.42. The van der Waals surface area contributed by atoms with Crippen LogP contribution >= 0.6 is 23.1 Å². The van der Waals surface area contributed by atoms with Crippen LogP contribution in [0.15, 0.2) is 58.3 Å². The summed E-state index contributed by atoms with van der Waals surface area (Å²) in [5.41, 5.74) is 7.25. The Kier molecular flexibility index (Phi) is 4.85. The van der Waals surface area contributed by atoms with Crippen LogP contribution in [0.2, 0.25) is 0 Å². The van der Waals surface area contributed by atoms with Crippen LogP contribution in [0.5, 0.6) is 0 Å². The van der Waals surface area contributed by atoms with Crippen molar-refractivity contribution in [1.29, 1.82) is 0 Å². The molecule has 4 rings (SSSR count). The van der Waals surface area contributed by atoms with Gasteiger partial charge < -0.3 is 5.32 Å². The minimum atomic E-state index is -0.0562. The minimum Gasteiger partial charge on any atom is -0.322 e. The summed E-state index contributed by atoms with van der Waals surface area (Å²) in [6, 6.07) is 14.0. The Balaban J connectivity index is 1.50. The number of nitrogens with zero attached hydrogens (tertiary/aromatic N) is 1. The topological polar surface area (TPSA) is 42.0 Å². The molecule has 0 aliphatic heterocycles. The van der Waals surface area contributed by atoms with Gasteiger partial charge in [-0.1, -0.05) is 18.2 Å². The number of anilines is 1. The molecule has 0 saturated heterocycles. The van der Waals surface area contributed by atoms with Crippen LogP contribution < -0.4 is 5.32 Å². The van der Waals surface area contributed by atoms with Gasteiger partial charge in [0, 0.05) is 21.7 Å². The standard InChI is InChI=1S/C20H18N2OS2/c23-20(22-16-9-8-14-4-3-5-15(14)10-16)18-6-1-2-7-19(18)25-12-17-11-24-13-21-17/h1-2,6-11,13H,3-5,12H2,(H,22,23). The quantitative estimate of drug-likeness (QED) is 0.633. The minimum absolute atomic E-state index is 0.0562. The number of thiazole rings is 1. The maximum Gasteiger partial charge on any atom is 0.256 e. The summed E-state index contributed by atoms with van der Waals surface area (Å²) < 4.78 is 0. The lowest BCUT2D eigenvalue weighted by Crippen LogP contribution is -2.13. The summed E-state index contributed by atoms with van der Waals surface area (Å²) in [7, 11) is 0. The van der Waals surface area contributed by atoms with Crippen molar-refractivity contribution in [3.63, 3.8) is 0 Å². The molecule has 3 aromatic rings. The summed E-state index contributed by atoms with van der Waals surface area (Å²) >= 11 is 3.24. The number of rotatable bonds is 5. The number of aromatic nitrogens is 1. The van der Waals surface area contributed by atoms with E-state index in [4.69, 9.17) is 0 Å². The Labute approximate surface area is 155 Å². The molecule has 1 heterocycles. The van der Waals surface area contributed by atoms with E-state index in [0.717, 1.165) is 34.9 Å². The van der Waals surface area contributed by atoms with Crippen LogP contribution in [0, 0.1) is 0 Å². The summed E-state index contributed by atoms with van der Waals surface area (Å²) in [5, 5.41) is 5.10. The summed E-state index contributed by atoms with van der Waals surface area (Å²) in [6.45, 7) is 0. The van der Waals surface area contributed by atoms with E-state index < -0.39 is 0 Å². The van der Waals surface area contributed by atoms with Gasteiger partial charge in [-0.05, 0) is 54.7 Å². The molecule has 0 atom stereocenters. The molecular weight excluding hydrogens is 348 g/mol. The van der Waals surface area contributed by atoms with E-state index >= 15 is 0 Å². The zero-order valence-corrected chi connectivity index (χ0v) is 15.3. The molecule has 0 spiro atoms. The molecule has 0 radical (unpaired) electrons. The summed E-state index contributed by atoms with van der Waals surface area (Å²) in [6.07, 6.45) is 3.47. The molecule has 0 bridgehead atoms. The highest BCUT2D eigenvalue weighted by Crippen LogP contribution is 2.28. The van der Waals surface area contributed by atoms with Gasteiger partial charge in [-0.2, -0.15) is 0 Å². The van der Waals surface area contributed by atoms with Gasteiger partial charge in [0.15, 0.2) is 0 Å². The van der Waals surface area contributed by atoms with E-state index in [9.17, 15) is 4.79 Å². The third-order valence-electron chi connectivity index (χ3n) is 4.35. The molecule has 1 aliphatic carbocycles. The van der Waals surface area contributed by atoms with Gasteiger partial charge >= 0.3 is 0 Å². The molecule has 1 aromatic heterocycles. The Bertz CT molecular complexity index is 890. The second-order valence-corrected chi connectivity index (χ2v) is 7.79. The summed E-state index contributed by atoms with van der Waals surface area (Å²) in [4.78, 5) is 18.0. The number of benzene rings is 2. The van der Waals surface area contributed by atoms with Crippen molar-refractivity contribution in [1.82, 2.24) is 4.98 Å². The maximum absolute atomic E-state index is 12.8. The van der Waals surface area contributed by atoms with Crippen molar-refractivity contribution in [2.24, 2.45) is 0 Å². The van der Waals surface area contributed by atoms with Crippen LogP contribution in [-0.4, -0.2) is 10.9 Å². The number of thioether (sulfide) groups is 1. The van der Waals surface area contributed by atoms with Crippen LogP contribution in [0.4, 0.5) is 5.69 Å². The molecule has 2 aromatic carbocycles. The van der Waals surface area contributed by atoms with E-state index in [2.05, 4.69) is 22.4 Å². The van der Waals surface area contributed by atoms with Gasteiger partial charge in [-0.15, -0.1) is 23.1 Å². The first-order valence-electron chi connectivity index (χ1n) is 8.31. The van der Waals surface area contributed by atoms with Gasteiger partial charge in [-0.25, -0.2) is 4.98 Å². The predicted octanol–water partition coefficient (Wildman–Crippen LogP) is 5.18. The lowest BCUT2D eigenvalue weighted by atomic mass is 10.1. The molecule has 0 saturated carbocycles. The number of fused-ring (bicyclic) bond motifs is 1. The van der Waals surface area contributed by atoms with Gasteiger partial charge in [0.25, 0.3) is 5.91 Å². The van der Waals surface area contributed by atoms with Crippen LogP contribution in [0.3, 0.4) is 0 Å². The summed E-state index contributed by atoms with van der Waals surface area (Å²) in [5.74, 6) is 0.714. The van der Waals surface area contributed by atoms with E-state index in [1.54, 1.807) is 23.1 Å². The number of carbonyl (C=O) groups excluding carboxylic acids is 1. The maximum atomic E-state index is 12.8. The van der Waals surface area contributed by atoms with Gasteiger partial charge in [0.2, 0.25) is 0 Å². The van der Waals surface area contributed by atoms with E-state index in [1.807, 2.05) is 41.2 Å². The van der Waals surface area contributed by atoms with E-state index in [-0.39, 0.29) is 5.91 Å². The number of nitrogens with one attached hydrogen (secondary N) is 1. The zero-order chi connectivity index (χ0) is 17.1. The third-order valence-corrected chi connectivity index (χ3v) is 6.09. The lowest BCUT2D eigenvalue weighted by molar-refractivity contribution is 0.102. The molecular formula is C20H18N2OS2. The van der Waals surface area contributed by atoms with Crippen LogP contribution in [0.25, 0.3) is 0 Å². The monoisotopic (exact) mass is 366 g/mol. The van der Waals surface area contributed by atoms with Crippen molar-refractivity contribution >= 4 is 34.7 Å². The fourth-order valence-corrected chi connectivity index (χ4v) is 4.70. The van der Waals surface area contributed by atoms with E-state index in [1.165, 1.54) is 17.5 Å². The average Bonchev–Trinajstić information content (AvgIpc) is 3.31. The van der Waals surface area contributed by atoms with Crippen molar-refractivity contribution in [3.05, 3.63) is 75.7 Å². The Morgan fingerprint density at radius 3 is 2.92 bits per heavy atom. The first-order chi connectivity index (χ1) is 12.3. The molecule has 3 nitrogen and oxygen atoms in total. The molecule has 5 heteroatoms. The Morgan fingerprint density at radius 2 is 2.04 bits per heavy atom. The molecule has 25 heavy (non-hydrogen) atoms. The van der Waals surface area contributed by atoms with Gasteiger partial charge in [-0.3, -0.25) is 4.79 Å². The third kappa shape index (κ3) is 3.78. The predicted molar refractivity (Wildman–Crippen MR) is 105 cm³/mol. The number of hydrogen-bond acceptors (Lipinski definition) is 4. The normalized spacial score (nSPS) is 12.8. The Morgan fingerprint density at radius 1 is 1.16 bits per heavy atom. The highest BCUT2D eigenvalue weighted by molar-refractivity contribution is 7.98. The Hall–Kier alpha value is -2.11. The molecule has 1 amide bonds. The smallest absolute Gasteiger partial charge is 0.256 e. The first-order valence-corrected chi connectivity index (χ1v) is 10.2. The molecule has 1 N–H and O–H groups in total. The molecule has 126 valence electrons. The van der Waals surface area contributed by atoms with Crippen LogP contribution in [-0.2, 0) is 18.6 Å². The highest BCUT2D eigenvalue weighted by atomic mass is 32.2. The van der Waals surface area contributed by atoms with E-state index in [0.29, 0.717) is 5.56 Å². The average molecular weight is 367 g/mol. The number of hydrogen-bond donors (Lipinski definition) is 1. The first kappa shape index (κ1) is 16.4. The van der Waals surface area contributed by atoms with Gasteiger partial charge in [0.05, 0.1) is 16.8 Å². The number of carbonyl (C=O) groups is 1. The lowest BCUT2D eigenvalue weighted by Gasteiger charge is -2.11. The van der Waals surface area contributed by atoms with Crippen molar-refractivity contribution < 1.29 is 4.79 Å². The molecule has 1 aliphatic rings. The molecule has 0 fully saturated rings. The zero-order valence-electron chi connectivity index (χ0n) is 13.7. The highest BCUT2D eigenvalue weighted by Gasteiger charge is 2.15. The van der Waals surface area contributed by atoms with Crippen LogP contribution in [0.1, 0.15) is 33.6 Å². The fraction of sp³-hybridized carbons (Fsp3) is 0.200. The van der Waals surface area contributed by atoms with Crippen molar-refractivity contribution in [2.45, 2.75) is 29.9 Å². The fourth-order valence-electron chi connectivity index (χ4n) is 3.09. The number of aryl methyl sites for hydroxylation is 2.